The van der Waals surface area contributed by atoms with E-state index >= 15 is 0 Å². The number of nitrogens with one attached hydrogen (secondary N) is 1. The second kappa shape index (κ2) is 3.90. The fourth-order valence-corrected chi connectivity index (χ4v) is 1.73. The molecule has 12 heavy (non-hydrogen) atoms. The number of likely N-dealkylation sites (tertiary alicyclic amines) is 1. The Kier molecular flexibility index (Phi) is 3.09. The molecule has 0 spiro atoms. The summed E-state index contributed by atoms with van der Waals surface area (Å²) in [6.45, 7) is 7.43. The summed E-state index contributed by atoms with van der Waals surface area (Å²) in [5, 5.41) is 7.18. The summed E-state index contributed by atoms with van der Waals surface area (Å²) in [5.41, 5.74) is 5.35. The van der Waals surface area contributed by atoms with Gasteiger partial charge in [0.1, 0.15) is 5.84 Å². The van der Waals surface area contributed by atoms with Crippen LogP contribution in [0.3, 0.4) is 0 Å². The minimum atomic E-state index is 0.289. The van der Waals surface area contributed by atoms with E-state index in [1.54, 1.807) is 0 Å². The summed E-state index contributed by atoms with van der Waals surface area (Å²) in [6.07, 6.45) is 1.24. The number of piperidine rings is 1. The Labute approximate surface area is 74.4 Å². The van der Waals surface area contributed by atoms with Gasteiger partial charge in [0, 0.05) is 6.54 Å². The molecule has 1 saturated heterocycles. The quantitative estimate of drug-likeness (QED) is 0.476. The van der Waals surface area contributed by atoms with Gasteiger partial charge < -0.3 is 5.73 Å². The van der Waals surface area contributed by atoms with Crippen molar-refractivity contribution < 1.29 is 0 Å². The highest BCUT2D eigenvalue weighted by atomic mass is 15.1. The van der Waals surface area contributed by atoms with Crippen molar-refractivity contribution in [2.45, 2.75) is 20.3 Å². The van der Waals surface area contributed by atoms with E-state index in [0.29, 0.717) is 6.54 Å². The van der Waals surface area contributed by atoms with Crippen molar-refractivity contribution in [1.29, 1.82) is 5.41 Å². The van der Waals surface area contributed by atoms with Crippen LogP contribution in [-0.4, -0.2) is 30.4 Å². The molecule has 1 rings (SSSR count). The molecule has 0 aromatic heterocycles. The molecule has 3 heteroatoms. The molecule has 0 aliphatic carbocycles. The fraction of sp³-hybridized carbons (Fsp3) is 0.889. The zero-order chi connectivity index (χ0) is 9.14. The van der Waals surface area contributed by atoms with Gasteiger partial charge in [0.25, 0.3) is 0 Å². The molecule has 0 bridgehead atoms. The van der Waals surface area contributed by atoms with Gasteiger partial charge in [-0.3, -0.25) is 10.3 Å². The van der Waals surface area contributed by atoms with E-state index in [2.05, 4.69) is 18.7 Å². The van der Waals surface area contributed by atoms with Gasteiger partial charge in [0.2, 0.25) is 0 Å². The molecule has 2 atom stereocenters. The number of hydrogen-bond donors (Lipinski definition) is 2. The smallest absolute Gasteiger partial charge is 0.105 e. The first-order chi connectivity index (χ1) is 5.59. The maximum absolute atomic E-state index is 7.18. The predicted octanol–water partition coefficient (Wildman–Crippen LogP) is 0.900. The highest BCUT2D eigenvalue weighted by Gasteiger charge is 2.22. The molecule has 0 aromatic carbocycles. The van der Waals surface area contributed by atoms with E-state index in [0.717, 1.165) is 24.9 Å². The molecule has 0 saturated carbocycles. The lowest BCUT2D eigenvalue weighted by atomic mass is 9.89. The second-order valence-electron chi connectivity index (χ2n) is 4.00. The average molecular weight is 169 g/mol. The zero-order valence-electron chi connectivity index (χ0n) is 8.01. The maximum atomic E-state index is 7.18. The number of nitrogens with two attached hydrogens (primary N) is 1. The third-order valence-electron chi connectivity index (χ3n) is 2.81. The van der Waals surface area contributed by atoms with Crippen LogP contribution in [0.15, 0.2) is 0 Å². The standard InChI is InChI=1S/C9H19N3/c1-7-3-4-12(5-8(7)2)6-9(10)11/h7-8H,3-6H2,1-2H3,(H3,10,11). The Morgan fingerprint density at radius 1 is 1.50 bits per heavy atom. The van der Waals surface area contributed by atoms with Crippen LogP contribution in [0.1, 0.15) is 20.3 Å². The van der Waals surface area contributed by atoms with Gasteiger partial charge in [-0.25, -0.2) is 0 Å². The predicted molar refractivity (Wildman–Crippen MR) is 51.3 cm³/mol. The first kappa shape index (κ1) is 9.52. The fourth-order valence-electron chi connectivity index (χ4n) is 1.73. The van der Waals surface area contributed by atoms with E-state index in [1.165, 1.54) is 6.42 Å². The molecule has 1 aliphatic heterocycles. The van der Waals surface area contributed by atoms with Crippen molar-refractivity contribution in [3.05, 3.63) is 0 Å². The number of rotatable bonds is 2. The molecule has 0 amide bonds. The molecule has 0 radical (unpaired) electrons. The van der Waals surface area contributed by atoms with Gasteiger partial charge in [-0.1, -0.05) is 13.8 Å². The summed E-state index contributed by atoms with van der Waals surface area (Å²) in [5.74, 6) is 1.86. The minimum Gasteiger partial charge on any atom is -0.387 e. The van der Waals surface area contributed by atoms with Crippen LogP contribution in [0.5, 0.6) is 0 Å². The lowest BCUT2D eigenvalue weighted by molar-refractivity contribution is 0.155. The number of amidine groups is 1. The first-order valence-corrected chi connectivity index (χ1v) is 4.65. The zero-order valence-corrected chi connectivity index (χ0v) is 8.01. The van der Waals surface area contributed by atoms with Crippen LogP contribution in [-0.2, 0) is 0 Å². The molecule has 3 N–H and O–H groups in total. The van der Waals surface area contributed by atoms with Gasteiger partial charge in [-0.15, -0.1) is 0 Å². The van der Waals surface area contributed by atoms with Crippen LogP contribution in [0, 0.1) is 17.2 Å². The van der Waals surface area contributed by atoms with E-state index < -0.39 is 0 Å². The summed E-state index contributed by atoms with van der Waals surface area (Å²) in [7, 11) is 0. The summed E-state index contributed by atoms with van der Waals surface area (Å²) in [6, 6.07) is 0. The van der Waals surface area contributed by atoms with Crippen LogP contribution in [0.2, 0.25) is 0 Å². The lowest BCUT2D eigenvalue weighted by Gasteiger charge is -2.34. The van der Waals surface area contributed by atoms with E-state index in [1.807, 2.05) is 0 Å². The highest BCUT2D eigenvalue weighted by Crippen LogP contribution is 2.21. The molecule has 2 unspecified atom stereocenters. The second-order valence-corrected chi connectivity index (χ2v) is 4.00. The van der Waals surface area contributed by atoms with Crippen molar-refractivity contribution >= 4 is 5.84 Å². The van der Waals surface area contributed by atoms with Crippen LogP contribution in [0.4, 0.5) is 0 Å². The van der Waals surface area contributed by atoms with Crippen molar-refractivity contribution in [3.8, 4) is 0 Å². The highest BCUT2D eigenvalue weighted by molar-refractivity contribution is 5.78. The van der Waals surface area contributed by atoms with Crippen molar-refractivity contribution in [2.24, 2.45) is 17.6 Å². The normalized spacial score (nSPS) is 31.8. The minimum absolute atomic E-state index is 0.289. The van der Waals surface area contributed by atoms with Gasteiger partial charge >= 0.3 is 0 Å². The summed E-state index contributed by atoms with van der Waals surface area (Å²) >= 11 is 0. The average Bonchev–Trinajstić information content (AvgIpc) is 1.96. The third-order valence-corrected chi connectivity index (χ3v) is 2.81. The Morgan fingerprint density at radius 3 is 2.67 bits per heavy atom. The molecule has 3 nitrogen and oxygen atoms in total. The van der Waals surface area contributed by atoms with Gasteiger partial charge in [0.05, 0.1) is 6.54 Å². The molecule has 0 aromatic rings. The number of nitrogens with zero attached hydrogens (tertiary/aromatic N) is 1. The van der Waals surface area contributed by atoms with Crippen molar-refractivity contribution in [2.75, 3.05) is 19.6 Å². The Bertz CT molecular complexity index is 167. The third kappa shape index (κ3) is 2.48. The number of hydrogen-bond acceptors (Lipinski definition) is 2. The monoisotopic (exact) mass is 169 g/mol. The molecular weight excluding hydrogens is 150 g/mol. The SMILES string of the molecule is CC1CCN(CC(=N)N)CC1C. The molecule has 1 heterocycles. The Balaban J connectivity index is 2.35. The topological polar surface area (TPSA) is 53.1 Å². The van der Waals surface area contributed by atoms with E-state index in [9.17, 15) is 0 Å². The van der Waals surface area contributed by atoms with Crippen molar-refractivity contribution in [1.82, 2.24) is 4.90 Å². The van der Waals surface area contributed by atoms with Crippen LogP contribution >= 0.6 is 0 Å². The lowest BCUT2D eigenvalue weighted by Crippen LogP contribution is -2.42. The largest absolute Gasteiger partial charge is 0.387 e. The molecule has 1 aliphatic rings. The summed E-state index contributed by atoms with van der Waals surface area (Å²) < 4.78 is 0. The molecule has 1 fully saturated rings. The first-order valence-electron chi connectivity index (χ1n) is 4.65. The molecular formula is C9H19N3. The van der Waals surface area contributed by atoms with Crippen LogP contribution in [0.25, 0.3) is 0 Å². The van der Waals surface area contributed by atoms with Gasteiger partial charge in [-0.2, -0.15) is 0 Å². The van der Waals surface area contributed by atoms with E-state index in [-0.39, 0.29) is 5.84 Å². The van der Waals surface area contributed by atoms with Gasteiger partial charge in [0.15, 0.2) is 0 Å². The van der Waals surface area contributed by atoms with Crippen molar-refractivity contribution in [3.63, 3.8) is 0 Å². The Morgan fingerprint density at radius 2 is 2.17 bits per heavy atom. The Hall–Kier alpha value is -0.570. The van der Waals surface area contributed by atoms with Gasteiger partial charge in [-0.05, 0) is 24.8 Å². The molecule has 70 valence electrons. The van der Waals surface area contributed by atoms with E-state index in [4.69, 9.17) is 11.1 Å². The van der Waals surface area contributed by atoms with Crippen LogP contribution < -0.4 is 5.73 Å². The maximum Gasteiger partial charge on any atom is 0.105 e. The summed E-state index contributed by atoms with van der Waals surface area (Å²) in [4.78, 5) is 2.27.